The van der Waals surface area contributed by atoms with Crippen molar-refractivity contribution in [1.29, 1.82) is 0 Å². The van der Waals surface area contributed by atoms with Gasteiger partial charge in [0, 0.05) is 17.7 Å². The minimum absolute atomic E-state index is 0.0350. The number of aryl methyl sites for hydroxylation is 1. The van der Waals surface area contributed by atoms with E-state index in [-0.39, 0.29) is 24.8 Å². The van der Waals surface area contributed by atoms with Crippen LogP contribution in [0.1, 0.15) is 23.2 Å². The number of H-pyrrole nitrogens is 1. The number of aromatic amines is 1. The molecule has 10 heteroatoms. The minimum atomic E-state index is -1.21. The largest absolute Gasteiger partial charge is 0.340 e. The van der Waals surface area contributed by atoms with E-state index < -0.39 is 5.41 Å². The van der Waals surface area contributed by atoms with Crippen molar-refractivity contribution in [2.75, 3.05) is 16.8 Å². The molecule has 3 aromatic heterocycles. The third-order valence-electron chi connectivity index (χ3n) is 6.09. The Morgan fingerprint density at radius 2 is 2.06 bits per heavy atom. The number of anilines is 2. The van der Waals surface area contributed by atoms with Crippen molar-refractivity contribution in [3.8, 4) is 18.2 Å². The summed E-state index contributed by atoms with van der Waals surface area (Å²) in [5, 5.41) is 7.59. The van der Waals surface area contributed by atoms with Crippen molar-refractivity contribution in [2.24, 2.45) is 0 Å². The third kappa shape index (κ3) is 2.14. The van der Waals surface area contributed by atoms with Crippen LogP contribution >= 0.6 is 0 Å². The first-order valence-corrected chi connectivity index (χ1v) is 9.95. The molecule has 0 saturated carbocycles. The Morgan fingerprint density at radius 3 is 2.91 bits per heavy atom. The molecule has 2 amide bonds. The molecule has 1 aromatic carbocycles. The first kappa shape index (κ1) is 18.3. The van der Waals surface area contributed by atoms with Crippen LogP contribution in [0.4, 0.5) is 11.5 Å². The van der Waals surface area contributed by atoms with Gasteiger partial charge in [-0.3, -0.25) is 14.5 Å². The van der Waals surface area contributed by atoms with E-state index in [9.17, 15) is 9.59 Å². The Morgan fingerprint density at radius 1 is 1.22 bits per heavy atom. The first-order valence-electron chi connectivity index (χ1n) is 9.95. The summed E-state index contributed by atoms with van der Waals surface area (Å²) in [6.45, 7) is 1.93. The lowest BCUT2D eigenvalue weighted by molar-refractivity contribution is -0.126. The highest BCUT2D eigenvalue weighted by atomic mass is 16.2. The molecular weight excluding hydrogens is 408 g/mol. The van der Waals surface area contributed by atoms with Crippen molar-refractivity contribution in [2.45, 2.75) is 18.8 Å². The van der Waals surface area contributed by atoms with Crippen LogP contribution < -0.4 is 10.2 Å². The normalized spacial score (nSPS) is 19.2. The number of amides is 2. The standard InChI is InChI=1S/C22H16N8O2/c1-3-8-29-14-7-5-4-6-13(14)22(21(29)32)9-15(31)27-19-16(22)12(2)28-30(19)20-17-18(24-10-23-17)25-11-26-20/h1,4-7,10-11H,8-9H2,2H3,(H,27,31)(H,23,24,25,26)/t22-/m1/s1. The molecule has 0 unspecified atom stereocenters. The molecule has 32 heavy (non-hydrogen) atoms. The van der Waals surface area contributed by atoms with E-state index in [4.69, 9.17) is 6.42 Å². The Kier molecular flexibility index (Phi) is 3.56. The predicted octanol–water partition coefficient (Wildman–Crippen LogP) is 1.46. The second-order valence-corrected chi connectivity index (χ2v) is 7.76. The summed E-state index contributed by atoms with van der Waals surface area (Å²) in [4.78, 5) is 44.1. The fourth-order valence-electron chi connectivity index (χ4n) is 4.91. The monoisotopic (exact) mass is 424 g/mol. The quantitative estimate of drug-likeness (QED) is 0.470. The number of terminal acetylenes is 1. The van der Waals surface area contributed by atoms with Crippen LogP contribution in [-0.2, 0) is 15.0 Å². The summed E-state index contributed by atoms with van der Waals surface area (Å²) in [6, 6.07) is 7.44. The van der Waals surface area contributed by atoms with Crippen molar-refractivity contribution >= 4 is 34.5 Å². The van der Waals surface area contributed by atoms with Crippen LogP contribution in [0.2, 0.25) is 0 Å². The Labute approximate surface area is 181 Å². The number of carbonyl (C=O) groups is 2. The lowest BCUT2D eigenvalue weighted by Gasteiger charge is -2.33. The smallest absolute Gasteiger partial charge is 0.243 e. The molecule has 4 aromatic rings. The lowest BCUT2D eigenvalue weighted by Crippen LogP contribution is -2.47. The molecule has 0 radical (unpaired) electrons. The summed E-state index contributed by atoms with van der Waals surface area (Å²) >= 11 is 0. The average Bonchev–Trinajstić information content (AvgIpc) is 3.46. The number of imidazole rings is 1. The maximum atomic E-state index is 13.9. The molecule has 0 aliphatic carbocycles. The highest BCUT2D eigenvalue weighted by molar-refractivity contribution is 6.16. The molecule has 2 aliphatic rings. The molecular formula is C22H16N8O2. The predicted molar refractivity (Wildman–Crippen MR) is 115 cm³/mol. The fourth-order valence-corrected chi connectivity index (χ4v) is 4.91. The molecule has 0 saturated heterocycles. The highest BCUT2D eigenvalue weighted by Crippen LogP contribution is 2.53. The van der Waals surface area contributed by atoms with Gasteiger partial charge >= 0.3 is 0 Å². The van der Waals surface area contributed by atoms with E-state index in [1.165, 1.54) is 17.3 Å². The van der Waals surface area contributed by atoms with E-state index in [0.717, 1.165) is 5.56 Å². The van der Waals surface area contributed by atoms with Gasteiger partial charge in [0.1, 0.15) is 23.1 Å². The number of nitrogens with one attached hydrogen (secondary N) is 2. The second kappa shape index (κ2) is 6.24. The van der Waals surface area contributed by atoms with Gasteiger partial charge in [-0.15, -0.1) is 6.42 Å². The number of nitrogens with zero attached hydrogens (tertiary/aromatic N) is 6. The van der Waals surface area contributed by atoms with Crippen molar-refractivity contribution in [1.82, 2.24) is 29.7 Å². The van der Waals surface area contributed by atoms with E-state index in [1.54, 1.807) is 4.90 Å². The van der Waals surface area contributed by atoms with Gasteiger partial charge in [0.25, 0.3) is 0 Å². The molecule has 10 nitrogen and oxygen atoms in total. The maximum Gasteiger partial charge on any atom is 0.243 e. The lowest BCUT2D eigenvalue weighted by atomic mass is 9.70. The van der Waals surface area contributed by atoms with Gasteiger partial charge in [-0.25, -0.2) is 15.0 Å². The summed E-state index contributed by atoms with van der Waals surface area (Å²) in [7, 11) is 0. The van der Waals surface area contributed by atoms with Gasteiger partial charge in [0.15, 0.2) is 11.5 Å². The van der Waals surface area contributed by atoms with Crippen LogP contribution in [0.25, 0.3) is 17.0 Å². The number of rotatable bonds is 2. The zero-order valence-corrected chi connectivity index (χ0v) is 17.0. The summed E-state index contributed by atoms with van der Waals surface area (Å²) < 4.78 is 1.53. The zero-order chi connectivity index (χ0) is 22.0. The van der Waals surface area contributed by atoms with Crippen LogP contribution in [-0.4, -0.2) is 48.1 Å². The van der Waals surface area contributed by atoms with E-state index in [1.807, 2.05) is 31.2 Å². The molecule has 156 valence electrons. The molecule has 1 atom stereocenters. The Balaban J connectivity index is 1.66. The van der Waals surface area contributed by atoms with Crippen molar-refractivity contribution in [3.05, 3.63) is 53.7 Å². The molecule has 1 spiro atoms. The number of fused-ring (bicyclic) bond motifs is 5. The number of carbonyl (C=O) groups excluding carboxylic acids is 2. The fraction of sp³-hybridized carbons (Fsp3) is 0.182. The average molecular weight is 424 g/mol. The SMILES string of the molecule is C#CCN1C(=O)[C@]2(CC(=O)Nc3c2c(C)nn3-c2ncnc3nc[nH]c23)c2ccccc21. The van der Waals surface area contributed by atoms with Crippen LogP contribution in [0, 0.1) is 19.3 Å². The highest BCUT2D eigenvalue weighted by Gasteiger charge is 2.57. The summed E-state index contributed by atoms with van der Waals surface area (Å²) in [5.41, 5.74) is 2.52. The zero-order valence-electron chi connectivity index (χ0n) is 17.0. The molecule has 6 rings (SSSR count). The summed E-state index contributed by atoms with van der Waals surface area (Å²) in [6.07, 6.45) is 8.42. The van der Waals surface area contributed by atoms with Crippen LogP contribution in [0.15, 0.2) is 36.9 Å². The van der Waals surface area contributed by atoms with Gasteiger partial charge in [-0.2, -0.15) is 9.78 Å². The Hall–Kier alpha value is -4.52. The van der Waals surface area contributed by atoms with E-state index >= 15 is 0 Å². The van der Waals surface area contributed by atoms with Gasteiger partial charge in [-0.05, 0) is 18.6 Å². The summed E-state index contributed by atoms with van der Waals surface area (Å²) in [5.74, 6) is 2.86. The molecule has 5 heterocycles. The maximum absolute atomic E-state index is 13.9. The van der Waals surface area contributed by atoms with Gasteiger partial charge in [-0.1, -0.05) is 24.1 Å². The number of benzene rings is 1. The van der Waals surface area contributed by atoms with Crippen molar-refractivity contribution in [3.63, 3.8) is 0 Å². The Bertz CT molecular complexity index is 1490. The second-order valence-electron chi connectivity index (χ2n) is 7.76. The topological polar surface area (TPSA) is 122 Å². The number of para-hydroxylation sites is 1. The molecule has 0 bridgehead atoms. The molecule has 0 fully saturated rings. The van der Waals surface area contributed by atoms with Gasteiger partial charge in [0.05, 0.1) is 18.6 Å². The third-order valence-corrected chi connectivity index (χ3v) is 6.09. The van der Waals surface area contributed by atoms with E-state index in [0.29, 0.717) is 39.7 Å². The number of aromatic nitrogens is 6. The van der Waals surface area contributed by atoms with Gasteiger partial charge < -0.3 is 10.3 Å². The molecule has 2 N–H and O–H groups in total. The van der Waals surface area contributed by atoms with Gasteiger partial charge in [0.2, 0.25) is 11.8 Å². The van der Waals surface area contributed by atoms with E-state index in [2.05, 4.69) is 36.3 Å². The minimum Gasteiger partial charge on any atom is -0.340 e. The van der Waals surface area contributed by atoms with Crippen LogP contribution in [0.5, 0.6) is 0 Å². The first-order chi connectivity index (χ1) is 15.6. The molecule has 2 aliphatic heterocycles. The number of hydrogen-bond acceptors (Lipinski definition) is 6. The number of hydrogen-bond donors (Lipinski definition) is 2. The van der Waals surface area contributed by atoms with Crippen molar-refractivity contribution < 1.29 is 9.59 Å². The van der Waals surface area contributed by atoms with Crippen LogP contribution in [0.3, 0.4) is 0 Å².